The number of rotatable bonds is 7. The first kappa shape index (κ1) is 26.1. The number of benzene rings is 4. The van der Waals surface area contributed by atoms with Crippen LogP contribution < -0.4 is 10.2 Å². The molecular formula is C30H20Br2ClN3O2. The Morgan fingerprint density at radius 2 is 1.61 bits per heavy atom. The van der Waals surface area contributed by atoms with Crippen molar-refractivity contribution < 1.29 is 9.53 Å². The molecule has 1 heterocycles. The average Bonchev–Trinajstić information content (AvgIpc) is 2.93. The Hall–Kier alpha value is -3.52. The van der Waals surface area contributed by atoms with E-state index in [0.717, 1.165) is 42.2 Å². The lowest BCUT2D eigenvalue weighted by molar-refractivity contribution is 0.0956. The van der Waals surface area contributed by atoms with E-state index in [-0.39, 0.29) is 5.91 Å². The fourth-order valence-corrected chi connectivity index (χ4v) is 5.54. The van der Waals surface area contributed by atoms with Crippen molar-refractivity contribution in [2.45, 2.75) is 6.61 Å². The van der Waals surface area contributed by atoms with Crippen molar-refractivity contribution in [2.75, 3.05) is 0 Å². The number of hydrazone groups is 1. The van der Waals surface area contributed by atoms with Crippen LogP contribution in [0.4, 0.5) is 0 Å². The van der Waals surface area contributed by atoms with Crippen molar-refractivity contribution in [3.8, 4) is 17.0 Å². The van der Waals surface area contributed by atoms with Crippen LogP contribution >= 0.6 is 43.5 Å². The number of halogens is 3. The summed E-state index contributed by atoms with van der Waals surface area (Å²) < 4.78 is 7.45. The summed E-state index contributed by atoms with van der Waals surface area (Å²) in [6, 6.07) is 30.4. The predicted molar refractivity (Wildman–Crippen MR) is 160 cm³/mol. The van der Waals surface area contributed by atoms with Crippen molar-refractivity contribution in [1.82, 2.24) is 10.4 Å². The SMILES string of the molecule is O=C(N/N=C/c1cc(Br)c(OCc2ccccc2Cl)c(Br)c1)c1cc(-c2ccccc2)nc2ccccc12. The second-order valence-electron chi connectivity index (χ2n) is 8.33. The number of hydrogen-bond acceptors (Lipinski definition) is 4. The number of nitrogens with one attached hydrogen (secondary N) is 1. The Bertz CT molecular complexity index is 1640. The Labute approximate surface area is 241 Å². The van der Waals surface area contributed by atoms with Crippen LogP contribution in [0.2, 0.25) is 5.02 Å². The molecule has 4 aromatic carbocycles. The number of amides is 1. The zero-order valence-corrected chi connectivity index (χ0v) is 23.8. The molecule has 5 aromatic rings. The summed E-state index contributed by atoms with van der Waals surface area (Å²) >= 11 is 13.4. The van der Waals surface area contributed by atoms with Gasteiger partial charge in [0.05, 0.1) is 31.9 Å². The molecule has 1 amide bonds. The monoisotopic (exact) mass is 647 g/mol. The van der Waals surface area contributed by atoms with E-state index in [1.165, 1.54) is 0 Å². The first-order chi connectivity index (χ1) is 18.5. The summed E-state index contributed by atoms with van der Waals surface area (Å²) in [6.07, 6.45) is 1.58. The van der Waals surface area contributed by atoms with Crippen LogP contribution in [0.15, 0.2) is 111 Å². The van der Waals surface area contributed by atoms with Gasteiger partial charge in [0.25, 0.3) is 5.91 Å². The van der Waals surface area contributed by atoms with Crippen LogP contribution in [0.25, 0.3) is 22.2 Å². The number of fused-ring (bicyclic) bond motifs is 1. The summed E-state index contributed by atoms with van der Waals surface area (Å²) in [4.78, 5) is 17.9. The van der Waals surface area contributed by atoms with Gasteiger partial charge in [-0.05, 0) is 67.8 Å². The van der Waals surface area contributed by atoms with E-state index in [2.05, 4.69) is 42.4 Å². The van der Waals surface area contributed by atoms with Gasteiger partial charge in [-0.3, -0.25) is 4.79 Å². The van der Waals surface area contributed by atoms with Gasteiger partial charge in [-0.1, -0.05) is 78.3 Å². The van der Waals surface area contributed by atoms with Gasteiger partial charge in [0, 0.05) is 21.5 Å². The molecule has 0 bridgehead atoms. The second-order valence-corrected chi connectivity index (χ2v) is 10.4. The van der Waals surface area contributed by atoms with Gasteiger partial charge >= 0.3 is 0 Å². The predicted octanol–water partition coefficient (Wildman–Crippen LogP) is 8.42. The molecule has 0 atom stereocenters. The van der Waals surface area contributed by atoms with Crippen LogP contribution in [0.1, 0.15) is 21.5 Å². The lowest BCUT2D eigenvalue weighted by atomic mass is 10.0. The molecular weight excluding hydrogens is 630 g/mol. The number of hydrogen-bond donors (Lipinski definition) is 1. The third kappa shape index (κ3) is 5.96. The van der Waals surface area contributed by atoms with E-state index in [1.807, 2.05) is 91.0 Å². The molecule has 1 N–H and O–H groups in total. The molecule has 0 aliphatic heterocycles. The first-order valence-corrected chi connectivity index (χ1v) is 13.6. The Kier molecular flexibility index (Phi) is 8.17. The van der Waals surface area contributed by atoms with E-state index in [4.69, 9.17) is 21.3 Å². The number of carbonyl (C=O) groups excluding carboxylic acids is 1. The van der Waals surface area contributed by atoms with Crippen molar-refractivity contribution in [3.63, 3.8) is 0 Å². The van der Waals surface area contributed by atoms with Crippen molar-refractivity contribution >= 4 is 66.5 Å². The van der Waals surface area contributed by atoms with E-state index in [9.17, 15) is 4.79 Å². The molecule has 0 saturated heterocycles. The topological polar surface area (TPSA) is 63.6 Å². The zero-order chi connectivity index (χ0) is 26.5. The number of carbonyl (C=O) groups is 1. The lowest BCUT2D eigenvalue weighted by Gasteiger charge is -2.12. The Balaban J connectivity index is 1.33. The minimum absolute atomic E-state index is 0.324. The standard InChI is InChI=1S/C30H20Br2ClN3O2/c31-24-14-19(15-25(32)29(24)38-18-21-10-4-6-12-26(21)33)17-34-36-30(37)23-16-28(20-8-2-1-3-9-20)35-27-13-7-5-11-22(23)27/h1-17H,18H2,(H,36,37)/b34-17+. The number of ether oxygens (including phenoxy) is 1. The largest absolute Gasteiger partial charge is 0.486 e. The normalized spacial score (nSPS) is 11.1. The van der Waals surface area contributed by atoms with Crippen molar-refractivity contribution in [1.29, 1.82) is 0 Å². The number of para-hydroxylation sites is 1. The second kappa shape index (κ2) is 11.9. The third-order valence-corrected chi connectivity index (χ3v) is 7.31. The van der Waals surface area contributed by atoms with Gasteiger partial charge in [0.15, 0.2) is 0 Å². The highest BCUT2D eigenvalue weighted by molar-refractivity contribution is 9.11. The molecule has 8 heteroatoms. The first-order valence-electron chi connectivity index (χ1n) is 11.6. The maximum atomic E-state index is 13.2. The smallest absolute Gasteiger partial charge is 0.272 e. The summed E-state index contributed by atoms with van der Waals surface area (Å²) in [5, 5.41) is 5.60. The third-order valence-electron chi connectivity index (χ3n) is 5.76. The molecule has 0 unspecified atom stereocenters. The van der Waals surface area contributed by atoms with E-state index < -0.39 is 0 Å². The van der Waals surface area contributed by atoms with Crippen LogP contribution in [-0.2, 0) is 6.61 Å². The highest BCUT2D eigenvalue weighted by Crippen LogP contribution is 2.35. The van der Waals surface area contributed by atoms with Crippen molar-refractivity contribution in [3.05, 3.63) is 128 Å². The molecule has 0 fully saturated rings. The van der Waals surface area contributed by atoms with E-state index in [1.54, 1.807) is 12.3 Å². The fraction of sp³-hybridized carbons (Fsp3) is 0.0333. The lowest BCUT2D eigenvalue weighted by Crippen LogP contribution is -2.18. The number of nitrogens with zero attached hydrogens (tertiary/aromatic N) is 2. The minimum atomic E-state index is -0.324. The molecule has 0 spiro atoms. The molecule has 188 valence electrons. The van der Waals surface area contributed by atoms with Crippen LogP contribution in [-0.4, -0.2) is 17.1 Å². The van der Waals surface area contributed by atoms with Crippen LogP contribution in [0, 0.1) is 0 Å². The highest BCUT2D eigenvalue weighted by atomic mass is 79.9. The van der Waals surface area contributed by atoms with Gasteiger partial charge in [-0.2, -0.15) is 5.10 Å². The van der Waals surface area contributed by atoms with Crippen LogP contribution in [0.3, 0.4) is 0 Å². The Morgan fingerprint density at radius 3 is 2.37 bits per heavy atom. The summed E-state index contributed by atoms with van der Waals surface area (Å²) in [5.74, 6) is 0.317. The van der Waals surface area contributed by atoms with E-state index in [0.29, 0.717) is 22.9 Å². The molecule has 0 saturated carbocycles. The Morgan fingerprint density at radius 1 is 0.921 bits per heavy atom. The van der Waals surface area contributed by atoms with Gasteiger partial charge < -0.3 is 4.74 Å². The molecule has 0 radical (unpaired) electrons. The fourth-order valence-electron chi connectivity index (χ4n) is 3.90. The molecule has 5 rings (SSSR count). The molecule has 1 aromatic heterocycles. The summed E-state index contributed by atoms with van der Waals surface area (Å²) in [6.45, 7) is 0.325. The van der Waals surface area contributed by atoms with Crippen LogP contribution in [0.5, 0.6) is 5.75 Å². The van der Waals surface area contributed by atoms with Gasteiger partial charge in [-0.25, -0.2) is 10.4 Å². The number of aromatic nitrogens is 1. The molecule has 0 aliphatic rings. The van der Waals surface area contributed by atoms with Gasteiger partial charge in [-0.15, -0.1) is 0 Å². The average molecular weight is 650 g/mol. The molecule has 5 nitrogen and oxygen atoms in total. The van der Waals surface area contributed by atoms with Gasteiger partial charge in [0.1, 0.15) is 12.4 Å². The summed E-state index contributed by atoms with van der Waals surface area (Å²) in [7, 11) is 0. The molecule has 0 aliphatic carbocycles. The molecule has 38 heavy (non-hydrogen) atoms. The van der Waals surface area contributed by atoms with E-state index >= 15 is 0 Å². The zero-order valence-electron chi connectivity index (χ0n) is 19.9. The quantitative estimate of drug-likeness (QED) is 0.142. The van der Waals surface area contributed by atoms with Gasteiger partial charge in [0.2, 0.25) is 0 Å². The number of pyridine rings is 1. The summed E-state index contributed by atoms with van der Waals surface area (Å²) in [5.41, 5.74) is 7.19. The maximum Gasteiger partial charge on any atom is 0.272 e. The van der Waals surface area contributed by atoms with Crippen molar-refractivity contribution in [2.24, 2.45) is 5.10 Å². The maximum absolute atomic E-state index is 13.2. The highest BCUT2D eigenvalue weighted by Gasteiger charge is 2.14. The minimum Gasteiger partial charge on any atom is -0.486 e.